The molecule has 0 aliphatic rings. The van der Waals surface area contributed by atoms with Crippen molar-refractivity contribution in [3.63, 3.8) is 0 Å². The summed E-state index contributed by atoms with van der Waals surface area (Å²) in [4.78, 5) is 30.3. The van der Waals surface area contributed by atoms with Gasteiger partial charge in [0.05, 0.1) is 31.1 Å². The summed E-state index contributed by atoms with van der Waals surface area (Å²) in [6.45, 7) is 6.98. The minimum atomic E-state index is -0.414. The molecule has 1 N–H and O–H groups in total. The number of carbonyl (C=O) groups excluding carboxylic acids is 2. The van der Waals surface area contributed by atoms with E-state index in [0.717, 1.165) is 16.0 Å². The van der Waals surface area contributed by atoms with Crippen LogP contribution in [0.1, 0.15) is 34.6 Å². The maximum absolute atomic E-state index is 12.8. The van der Waals surface area contributed by atoms with E-state index in [9.17, 15) is 9.59 Å². The van der Waals surface area contributed by atoms with Gasteiger partial charge in [0.1, 0.15) is 5.00 Å². The second-order valence-electron chi connectivity index (χ2n) is 6.94. The predicted molar refractivity (Wildman–Crippen MR) is 129 cm³/mol. The second kappa shape index (κ2) is 11.9. The van der Waals surface area contributed by atoms with Gasteiger partial charge in [-0.25, -0.2) is 4.79 Å². The fraction of sp³-hybridized carbons (Fsp3) is 0.409. The van der Waals surface area contributed by atoms with Crippen molar-refractivity contribution in [2.75, 3.05) is 31.4 Å². The van der Waals surface area contributed by atoms with Crippen LogP contribution in [0.15, 0.2) is 29.7 Å². The summed E-state index contributed by atoms with van der Waals surface area (Å²) in [7, 11) is 1.63. The number of thioether (sulfide) groups is 1. The lowest BCUT2D eigenvalue weighted by atomic mass is 10.1. The zero-order chi connectivity index (χ0) is 23.8. The molecule has 9 nitrogen and oxygen atoms in total. The molecule has 3 aromatic rings. The number of methoxy groups -OCH3 is 1. The van der Waals surface area contributed by atoms with Gasteiger partial charge >= 0.3 is 5.97 Å². The van der Waals surface area contributed by atoms with Crippen LogP contribution in [0.5, 0.6) is 0 Å². The fourth-order valence-corrected chi connectivity index (χ4v) is 5.21. The quantitative estimate of drug-likeness (QED) is 0.320. The van der Waals surface area contributed by atoms with E-state index in [1.165, 1.54) is 23.1 Å². The molecule has 0 aliphatic carbocycles. The lowest BCUT2D eigenvalue weighted by molar-refractivity contribution is -0.113. The highest BCUT2D eigenvalue weighted by Crippen LogP contribution is 2.34. The number of amides is 1. The molecule has 3 rings (SSSR count). The number of thiophene rings is 1. The number of aryl methyl sites for hydroxylation is 1. The molecule has 0 saturated carbocycles. The van der Waals surface area contributed by atoms with Gasteiger partial charge in [0.15, 0.2) is 11.0 Å². The summed E-state index contributed by atoms with van der Waals surface area (Å²) >= 11 is 2.66. The largest absolute Gasteiger partial charge is 0.462 e. The van der Waals surface area contributed by atoms with Crippen molar-refractivity contribution < 1.29 is 19.1 Å². The van der Waals surface area contributed by atoms with E-state index in [2.05, 4.69) is 20.5 Å². The molecule has 1 amide bonds. The number of pyridine rings is 1. The van der Waals surface area contributed by atoms with Gasteiger partial charge in [0.2, 0.25) is 5.91 Å². The summed E-state index contributed by atoms with van der Waals surface area (Å²) in [6.07, 6.45) is 4.07. The van der Waals surface area contributed by atoms with Gasteiger partial charge in [-0.15, -0.1) is 21.5 Å². The van der Waals surface area contributed by atoms with Crippen LogP contribution < -0.4 is 5.32 Å². The van der Waals surface area contributed by atoms with Crippen LogP contribution >= 0.6 is 23.1 Å². The van der Waals surface area contributed by atoms with Crippen LogP contribution in [0.2, 0.25) is 0 Å². The molecule has 0 radical (unpaired) electrons. The molecular formula is C22H27N5O4S2. The first-order valence-corrected chi connectivity index (χ1v) is 12.3. The molecular weight excluding hydrogens is 462 g/mol. The van der Waals surface area contributed by atoms with Crippen LogP contribution in [0.25, 0.3) is 11.4 Å². The molecule has 11 heteroatoms. The first-order valence-electron chi connectivity index (χ1n) is 10.5. The Morgan fingerprint density at radius 1 is 1.21 bits per heavy atom. The number of esters is 1. The van der Waals surface area contributed by atoms with E-state index in [1.807, 2.05) is 30.5 Å². The second-order valence-corrected chi connectivity index (χ2v) is 9.11. The Bertz CT molecular complexity index is 1100. The monoisotopic (exact) mass is 489 g/mol. The highest BCUT2D eigenvalue weighted by Gasteiger charge is 2.24. The Morgan fingerprint density at radius 3 is 2.64 bits per heavy atom. The third-order valence-corrected chi connectivity index (χ3v) is 6.83. The van der Waals surface area contributed by atoms with Crippen LogP contribution in [0.4, 0.5) is 5.00 Å². The predicted octanol–water partition coefficient (Wildman–Crippen LogP) is 3.83. The van der Waals surface area contributed by atoms with Crippen LogP contribution in [0, 0.1) is 6.92 Å². The number of anilines is 1. The Kier molecular flexibility index (Phi) is 8.98. The highest BCUT2D eigenvalue weighted by molar-refractivity contribution is 7.99. The van der Waals surface area contributed by atoms with Crippen molar-refractivity contribution in [3.8, 4) is 11.4 Å². The molecule has 0 bridgehead atoms. The van der Waals surface area contributed by atoms with Crippen molar-refractivity contribution >= 4 is 40.0 Å². The third kappa shape index (κ3) is 5.98. The van der Waals surface area contributed by atoms with E-state index in [-0.39, 0.29) is 18.3 Å². The lowest BCUT2D eigenvalue weighted by Crippen LogP contribution is -2.17. The van der Waals surface area contributed by atoms with Gasteiger partial charge in [-0.2, -0.15) is 0 Å². The number of rotatable bonds is 11. The average molecular weight is 490 g/mol. The molecule has 0 atom stereocenters. The number of hydrogen-bond acceptors (Lipinski definition) is 9. The molecule has 0 aliphatic heterocycles. The smallest absolute Gasteiger partial charge is 0.341 e. The van der Waals surface area contributed by atoms with Crippen molar-refractivity contribution in [1.29, 1.82) is 0 Å². The number of ether oxygens (including phenoxy) is 2. The minimum absolute atomic E-state index is 0.113. The van der Waals surface area contributed by atoms with Crippen LogP contribution in [0.3, 0.4) is 0 Å². The normalized spacial score (nSPS) is 10.9. The Labute approximate surface area is 200 Å². The molecule has 0 spiro atoms. The SMILES string of the molecule is CCOC(=O)c1c(NC(=O)CSc2nnc(-c3ccncc3)n2CCOC)sc(C)c1CC. The zero-order valence-corrected chi connectivity index (χ0v) is 20.7. The molecule has 176 valence electrons. The van der Waals surface area contributed by atoms with E-state index in [1.54, 1.807) is 26.4 Å². The van der Waals surface area contributed by atoms with E-state index in [4.69, 9.17) is 9.47 Å². The summed E-state index contributed by atoms with van der Waals surface area (Å²) in [5.41, 5.74) is 2.23. The fourth-order valence-electron chi connectivity index (χ4n) is 3.30. The summed E-state index contributed by atoms with van der Waals surface area (Å²) in [6, 6.07) is 3.71. The molecule has 3 heterocycles. The first kappa shape index (κ1) is 24.9. The van der Waals surface area contributed by atoms with Gasteiger partial charge in [-0.1, -0.05) is 18.7 Å². The molecule has 0 unspecified atom stereocenters. The number of carbonyl (C=O) groups is 2. The third-order valence-electron chi connectivity index (χ3n) is 4.80. The number of hydrogen-bond donors (Lipinski definition) is 1. The molecule has 0 fully saturated rings. The van der Waals surface area contributed by atoms with Crippen molar-refractivity contribution in [2.24, 2.45) is 0 Å². The average Bonchev–Trinajstić information content (AvgIpc) is 3.36. The Morgan fingerprint density at radius 2 is 1.97 bits per heavy atom. The Hall–Kier alpha value is -2.76. The summed E-state index contributed by atoms with van der Waals surface area (Å²) < 4.78 is 12.4. The number of nitrogens with zero attached hydrogens (tertiary/aromatic N) is 4. The number of aromatic nitrogens is 4. The molecule has 0 aromatic carbocycles. The van der Waals surface area contributed by atoms with Crippen molar-refractivity contribution in [1.82, 2.24) is 19.7 Å². The standard InChI is InChI=1S/C22H27N5O4S2/c1-5-16-14(3)33-20(18(16)21(29)31-6-2)24-17(28)13-32-22-26-25-19(27(22)11-12-30-4)15-7-9-23-10-8-15/h7-10H,5-6,11-13H2,1-4H3,(H,24,28). The van der Waals surface area contributed by atoms with Gasteiger partial charge < -0.3 is 14.8 Å². The first-order chi connectivity index (χ1) is 16.0. The molecule has 33 heavy (non-hydrogen) atoms. The summed E-state index contributed by atoms with van der Waals surface area (Å²) in [5.74, 6) is 0.148. The minimum Gasteiger partial charge on any atom is -0.462 e. The molecule has 0 saturated heterocycles. The lowest BCUT2D eigenvalue weighted by Gasteiger charge is -2.10. The van der Waals surface area contributed by atoms with Gasteiger partial charge in [0, 0.05) is 29.9 Å². The van der Waals surface area contributed by atoms with E-state index >= 15 is 0 Å². The van der Waals surface area contributed by atoms with Gasteiger partial charge in [0.25, 0.3) is 0 Å². The van der Waals surface area contributed by atoms with Crippen LogP contribution in [-0.2, 0) is 27.2 Å². The molecule has 3 aromatic heterocycles. The van der Waals surface area contributed by atoms with E-state index < -0.39 is 5.97 Å². The maximum Gasteiger partial charge on any atom is 0.341 e. The van der Waals surface area contributed by atoms with Gasteiger partial charge in [-0.3, -0.25) is 14.3 Å². The summed E-state index contributed by atoms with van der Waals surface area (Å²) in [5, 5.41) is 12.6. The van der Waals surface area contributed by atoms with Crippen LogP contribution in [-0.4, -0.2) is 57.7 Å². The number of nitrogens with one attached hydrogen (secondary N) is 1. The van der Waals surface area contributed by atoms with Crippen molar-refractivity contribution in [3.05, 3.63) is 40.5 Å². The van der Waals surface area contributed by atoms with Crippen molar-refractivity contribution in [2.45, 2.75) is 38.9 Å². The maximum atomic E-state index is 12.8. The van der Waals surface area contributed by atoms with Gasteiger partial charge in [-0.05, 0) is 38.0 Å². The van der Waals surface area contributed by atoms with E-state index in [0.29, 0.717) is 41.1 Å². The highest BCUT2D eigenvalue weighted by atomic mass is 32.2. The zero-order valence-electron chi connectivity index (χ0n) is 19.1. The topological polar surface area (TPSA) is 108 Å². The Balaban J connectivity index is 1.75.